The highest BCUT2D eigenvalue weighted by Gasteiger charge is 2.18. The first-order chi connectivity index (χ1) is 12.5. The lowest BCUT2D eigenvalue weighted by atomic mass is 10.3. The number of anilines is 1. The zero-order valence-corrected chi connectivity index (χ0v) is 15.2. The summed E-state index contributed by atoms with van der Waals surface area (Å²) in [6.45, 7) is -0.154. The van der Waals surface area contributed by atoms with E-state index in [2.05, 4.69) is 10.3 Å². The molecular formula is C17H14ClF2N3O2S. The van der Waals surface area contributed by atoms with Crippen molar-refractivity contribution in [3.8, 4) is 5.75 Å². The molecule has 5 nitrogen and oxygen atoms in total. The third-order valence-electron chi connectivity index (χ3n) is 3.55. The topological polar surface area (TPSA) is 56.1 Å². The smallest absolute Gasteiger partial charge is 0.291 e. The number of alkyl halides is 2. The zero-order chi connectivity index (χ0) is 18.7. The molecule has 0 bridgehead atoms. The summed E-state index contributed by atoms with van der Waals surface area (Å²) in [5, 5.41) is 3.13. The first-order valence-electron chi connectivity index (χ1n) is 7.51. The number of aromatic nitrogens is 2. The molecule has 0 atom stereocenters. The number of para-hydroxylation sites is 2. The Kier molecular flexibility index (Phi) is 5.63. The third kappa shape index (κ3) is 4.08. The molecule has 0 aliphatic carbocycles. The van der Waals surface area contributed by atoms with Crippen LogP contribution in [0.5, 0.6) is 5.75 Å². The fourth-order valence-electron chi connectivity index (χ4n) is 2.46. The molecule has 0 aliphatic rings. The van der Waals surface area contributed by atoms with E-state index in [-0.39, 0.29) is 17.6 Å². The van der Waals surface area contributed by atoms with Crippen molar-refractivity contribution in [2.45, 2.75) is 17.5 Å². The van der Waals surface area contributed by atoms with E-state index in [9.17, 15) is 13.6 Å². The van der Waals surface area contributed by atoms with E-state index in [1.807, 2.05) is 0 Å². The lowest BCUT2D eigenvalue weighted by Crippen LogP contribution is -2.19. The van der Waals surface area contributed by atoms with Crippen LogP contribution in [0, 0.1) is 0 Å². The predicted molar refractivity (Wildman–Crippen MR) is 98.2 cm³/mol. The normalized spacial score (nSPS) is 11.1. The Balaban J connectivity index is 1.83. The lowest BCUT2D eigenvalue weighted by molar-refractivity contribution is -0.116. The van der Waals surface area contributed by atoms with Crippen LogP contribution in [0.2, 0.25) is 5.02 Å². The minimum absolute atomic E-state index is 0.0871. The highest BCUT2D eigenvalue weighted by Crippen LogP contribution is 2.29. The summed E-state index contributed by atoms with van der Waals surface area (Å²) in [7, 11) is 1.49. The van der Waals surface area contributed by atoms with Crippen molar-refractivity contribution in [1.29, 1.82) is 0 Å². The number of halogens is 3. The molecule has 0 saturated heterocycles. The number of methoxy groups -OCH3 is 1. The largest absolute Gasteiger partial charge is 0.495 e. The molecular weight excluding hydrogens is 384 g/mol. The van der Waals surface area contributed by atoms with Crippen LogP contribution < -0.4 is 10.1 Å². The van der Waals surface area contributed by atoms with Gasteiger partial charge in [0, 0.05) is 5.69 Å². The quantitative estimate of drug-likeness (QED) is 0.615. The molecule has 1 N–H and O–H groups in total. The van der Waals surface area contributed by atoms with Gasteiger partial charge >= 0.3 is 0 Å². The van der Waals surface area contributed by atoms with Gasteiger partial charge < -0.3 is 14.6 Å². The molecule has 0 unspecified atom stereocenters. The summed E-state index contributed by atoms with van der Waals surface area (Å²) < 4.78 is 32.1. The van der Waals surface area contributed by atoms with Crippen molar-refractivity contribution in [3.05, 3.63) is 47.5 Å². The van der Waals surface area contributed by atoms with Gasteiger partial charge in [-0.25, -0.2) is 4.98 Å². The van der Waals surface area contributed by atoms with Gasteiger partial charge in [-0.15, -0.1) is 0 Å². The van der Waals surface area contributed by atoms with Crippen molar-refractivity contribution >= 4 is 46.0 Å². The first-order valence-corrected chi connectivity index (χ1v) is 8.77. The highest BCUT2D eigenvalue weighted by atomic mass is 35.5. The van der Waals surface area contributed by atoms with Gasteiger partial charge in [-0.05, 0) is 42.1 Å². The van der Waals surface area contributed by atoms with Crippen LogP contribution in [0.3, 0.4) is 0 Å². The number of nitrogens with zero attached hydrogens (tertiary/aromatic N) is 2. The maximum Gasteiger partial charge on any atom is 0.291 e. The van der Waals surface area contributed by atoms with Gasteiger partial charge in [0.05, 0.1) is 23.2 Å². The molecule has 136 valence electrons. The molecule has 0 saturated carbocycles. The molecule has 26 heavy (non-hydrogen) atoms. The van der Waals surface area contributed by atoms with Gasteiger partial charge in [0.25, 0.3) is 5.76 Å². The van der Waals surface area contributed by atoms with Gasteiger partial charge in [0.1, 0.15) is 12.3 Å². The number of rotatable bonds is 6. The molecule has 0 aliphatic heterocycles. The molecule has 0 radical (unpaired) electrons. The minimum atomic E-state index is -2.63. The number of hydrogen-bond acceptors (Lipinski definition) is 4. The van der Waals surface area contributed by atoms with Crippen LogP contribution in [0.4, 0.5) is 14.5 Å². The van der Waals surface area contributed by atoms with Crippen molar-refractivity contribution in [1.82, 2.24) is 9.55 Å². The fraction of sp³-hybridized carbons (Fsp3) is 0.176. The SMILES string of the molecule is COc1ccc(NC(=O)Cn2c(SC(F)F)nc3ccccc32)cc1Cl. The lowest BCUT2D eigenvalue weighted by Gasteiger charge is -2.11. The van der Waals surface area contributed by atoms with Crippen molar-refractivity contribution < 1.29 is 18.3 Å². The maximum atomic E-state index is 12.8. The van der Waals surface area contributed by atoms with Gasteiger partial charge in [-0.1, -0.05) is 23.7 Å². The second kappa shape index (κ2) is 7.92. The Bertz CT molecular complexity index is 949. The second-order valence-corrected chi connectivity index (χ2v) is 6.61. The molecule has 9 heteroatoms. The number of carbonyl (C=O) groups is 1. The molecule has 1 aromatic heterocycles. The molecule has 3 rings (SSSR count). The second-order valence-electron chi connectivity index (χ2n) is 5.25. The Hall–Kier alpha value is -2.32. The number of imidazole rings is 1. The number of nitrogens with one attached hydrogen (secondary N) is 1. The molecule has 2 aromatic carbocycles. The van der Waals surface area contributed by atoms with E-state index < -0.39 is 5.76 Å². The van der Waals surface area contributed by atoms with Crippen LogP contribution in [-0.4, -0.2) is 28.3 Å². The van der Waals surface area contributed by atoms with Crippen molar-refractivity contribution in [2.24, 2.45) is 0 Å². The van der Waals surface area contributed by atoms with E-state index in [4.69, 9.17) is 16.3 Å². The molecule has 0 fully saturated rings. The molecule has 3 aromatic rings. The molecule has 1 heterocycles. The number of thioether (sulfide) groups is 1. The van der Waals surface area contributed by atoms with Crippen molar-refractivity contribution in [2.75, 3.05) is 12.4 Å². The van der Waals surface area contributed by atoms with E-state index in [1.165, 1.54) is 11.7 Å². The van der Waals surface area contributed by atoms with Crippen LogP contribution in [0.25, 0.3) is 11.0 Å². The number of amides is 1. The average molecular weight is 398 g/mol. The standard InChI is InChI=1S/C17H14ClF2N3O2S/c1-25-14-7-6-10(8-11(14)18)21-15(24)9-23-13-5-3-2-4-12(13)22-17(23)26-16(19)20/h2-8,16H,9H2,1H3,(H,21,24). The van der Waals surface area contributed by atoms with Crippen molar-refractivity contribution in [3.63, 3.8) is 0 Å². The van der Waals surface area contributed by atoms with Gasteiger partial charge in [-0.2, -0.15) is 8.78 Å². The van der Waals surface area contributed by atoms with Crippen LogP contribution in [-0.2, 0) is 11.3 Å². The first kappa shape index (κ1) is 18.5. The summed E-state index contributed by atoms with van der Waals surface area (Å²) in [4.78, 5) is 16.6. The van der Waals surface area contributed by atoms with Crippen LogP contribution >= 0.6 is 23.4 Å². The van der Waals surface area contributed by atoms with E-state index >= 15 is 0 Å². The zero-order valence-electron chi connectivity index (χ0n) is 13.6. The Labute approximate surface area is 157 Å². The van der Waals surface area contributed by atoms with Crippen LogP contribution in [0.1, 0.15) is 0 Å². The van der Waals surface area contributed by atoms with E-state index in [1.54, 1.807) is 42.5 Å². The average Bonchev–Trinajstić information content (AvgIpc) is 2.92. The summed E-state index contributed by atoms with van der Waals surface area (Å²) in [5.74, 6) is -2.53. The number of ether oxygens (including phenoxy) is 1. The predicted octanol–water partition coefficient (Wildman–Crippen LogP) is 4.65. The van der Waals surface area contributed by atoms with E-state index in [0.29, 0.717) is 39.3 Å². The highest BCUT2D eigenvalue weighted by molar-refractivity contribution is 7.99. The van der Waals surface area contributed by atoms with Crippen LogP contribution in [0.15, 0.2) is 47.6 Å². The monoisotopic (exact) mass is 397 g/mol. The van der Waals surface area contributed by atoms with Gasteiger partial charge in [0.15, 0.2) is 5.16 Å². The number of benzene rings is 2. The molecule has 0 spiro atoms. The summed E-state index contributed by atoms with van der Waals surface area (Å²) in [6, 6.07) is 11.8. The Morgan fingerprint density at radius 1 is 1.35 bits per heavy atom. The number of hydrogen-bond donors (Lipinski definition) is 1. The molecule has 1 amide bonds. The van der Waals surface area contributed by atoms with E-state index in [0.717, 1.165) is 0 Å². The number of carbonyl (C=O) groups excluding carboxylic acids is 1. The Morgan fingerprint density at radius 3 is 2.81 bits per heavy atom. The third-order valence-corrected chi connectivity index (χ3v) is 4.55. The minimum Gasteiger partial charge on any atom is -0.495 e. The van der Waals surface area contributed by atoms with Gasteiger partial charge in [0.2, 0.25) is 5.91 Å². The number of fused-ring (bicyclic) bond motifs is 1. The maximum absolute atomic E-state index is 12.8. The summed E-state index contributed by atoms with van der Waals surface area (Å²) in [6.07, 6.45) is 0. The van der Waals surface area contributed by atoms with Gasteiger partial charge in [-0.3, -0.25) is 4.79 Å². The Morgan fingerprint density at radius 2 is 2.12 bits per heavy atom. The fourth-order valence-corrected chi connectivity index (χ4v) is 3.32. The summed E-state index contributed by atoms with van der Waals surface area (Å²) in [5.41, 5.74) is 1.64. The summed E-state index contributed by atoms with van der Waals surface area (Å²) >= 11 is 6.35.